The summed E-state index contributed by atoms with van der Waals surface area (Å²) >= 11 is 0. The monoisotopic (exact) mass is 339 g/mol. The van der Waals surface area contributed by atoms with Gasteiger partial charge in [0.25, 0.3) is 0 Å². The first-order valence-electron chi connectivity index (χ1n) is 9.33. The summed E-state index contributed by atoms with van der Waals surface area (Å²) in [7, 11) is 0. The lowest BCUT2D eigenvalue weighted by Gasteiger charge is -2.39. The number of rotatable bonds is 3. The fraction of sp³-hybridized carbons (Fsp3) is 0.524. The predicted molar refractivity (Wildman–Crippen MR) is 95.9 cm³/mol. The summed E-state index contributed by atoms with van der Waals surface area (Å²) in [5.41, 5.74) is 3.04. The molecule has 2 heterocycles. The summed E-state index contributed by atoms with van der Waals surface area (Å²) in [5, 5.41) is 0. The molecule has 25 heavy (non-hydrogen) atoms. The van der Waals surface area contributed by atoms with Crippen LogP contribution < -0.4 is 0 Å². The number of ketones is 1. The second-order valence-corrected chi connectivity index (χ2v) is 7.64. The van der Waals surface area contributed by atoms with Gasteiger partial charge in [0.2, 0.25) is 5.91 Å². The highest BCUT2D eigenvalue weighted by molar-refractivity contribution is 6.10. The third-order valence-corrected chi connectivity index (χ3v) is 5.95. The van der Waals surface area contributed by atoms with Gasteiger partial charge < -0.3 is 9.64 Å². The van der Waals surface area contributed by atoms with Gasteiger partial charge >= 0.3 is 0 Å². The van der Waals surface area contributed by atoms with E-state index < -0.39 is 0 Å². The maximum absolute atomic E-state index is 12.9. The van der Waals surface area contributed by atoms with Crippen LogP contribution in [-0.2, 0) is 14.3 Å². The number of hydrogen-bond donors (Lipinski definition) is 0. The van der Waals surface area contributed by atoms with Crippen LogP contribution in [0.25, 0.3) is 5.57 Å². The van der Waals surface area contributed by atoms with Crippen LogP contribution in [0.2, 0.25) is 0 Å². The molecule has 2 fully saturated rings. The zero-order valence-corrected chi connectivity index (χ0v) is 14.6. The molecular weight excluding hydrogens is 314 g/mol. The summed E-state index contributed by atoms with van der Waals surface area (Å²) < 4.78 is 5.59. The lowest BCUT2D eigenvalue weighted by molar-refractivity contribution is -0.134. The summed E-state index contributed by atoms with van der Waals surface area (Å²) in [6, 6.07) is 10.0. The average Bonchev–Trinajstić information content (AvgIpc) is 3.23. The molecular formula is C21H25NO3. The molecule has 0 N–H and O–H groups in total. The van der Waals surface area contributed by atoms with Crippen LogP contribution in [0.1, 0.15) is 44.1 Å². The largest absolute Gasteiger partial charge is 0.381 e. The zero-order chi connectivity index (χ0) is 17.3. The predicted octanol–water partition coefficient (Wildman–Crippen LogP) is 3.22. The molecule has 0 saturated carbocycles. The standard InChI is InChI=1S/C21H25NO3/c23-19-8-7-17(16-5-2-1-3-6-16)18(19)13-20(24)22-11-4-9-21(14-22)10-12-25-15-21/h1-3,5-6H,4,7-15H2/t21-/m0/s1. The lowest BCUT2D eigenvalue weighted by atomic mass is 9.79. The highest BCUT2D eigenvalue weighted by Crippen LogP contribution is 2.39. The van der Waals surface area contributed by atoms with Crippen LogP contribution in [0.3, 0.4) is 0 Å². The van der Waals surface area contributed by atoms with E-state index in [9.17, 15) is 9.59 Å². The van der Waals surface area contributed by atoms with E-state index in [2.05, 4.69) is 0 Å². The molecule has 132 valence electrons. The fourth-order valence-corrected chi connectivity index (χ4v) is 4.53. The normalized spacial score (nSPS) is 26.7. The molecule has 0 bridgehead atoms. The van der Waals surface area contributed by atoms with Crippen molar-refractivity contribution in [2.45, 2.75) is 38.5 Å². The maximum atomic E-state index is 12.9. The average molecular weight is 339 g/mol. The Bertz CT molecular complexity index is 701. The summed E-state index contributed by atoms with van der Waals surface area (Å²) in [4.78, 5) is 27.3. The Kier molecular flexibility index (Phi) is 4.46. The minimum Gasteiger partial charge on any atom is -0.381 e. The minimum absolute atomic E-state index is 0.102. The Hall–Kier alpha value is -1.94. The Morgan fingerprint density at radius 3 is 2.76 bits per heavy atom. The Morgan fingerprint density at radius 2 is 2.00 bits per heavy atom. The molecule has 1 aromatic carbocycles. The first kappa shape index (κ1) is 16.5. The molecule has 1 aliphatic carbocycles. The maximum Gasteiger partial charge on any atom is 0.227 e. The number of ether oxygens (including phenoxy) is 1. The second kappa shape index (κ2) is 6.75. The number of likely N-dealkylation sites (tertiary alicyclic amines) is 1. The smallest absolute Gasteiger partial charge is 0.227 e. The third kappa shape index (κ3) is 3.28. The number of nitrogens with zero attached hydrogens (tertiary/aromatic N) is 1. The minimum atomic E-state index is 0.102. The van der Waals surface area contributed by atoms with Gasteiger partial charge in [-0.25, -0.2) is 0 Å². The van der Waals surface area contributed by atoms with Crippen molar-refractivity contribution in [3.05, 3.63) is 41.5 Å². The zero-order valence-electron chi connectivity index (χ0n) is 14.6. The van der Waals surface area contributed by atoms with Gasteiger partial charge in [0.15, 0.2) is 5.78 Å². The molecule has 4 nitrogen and oxygen atoms in total. The molecule has 4 heteroatoms. The van der Waals surface area contributed by atoms with Gasteiger partial charge in [0, 0.05) is 37.1 Å². The van der Waals surface area contributed by atoms with Crippen molar-refractivity contribution in [1.82, 2.24) is 4.90 Å². The van der Waals surface area contributed by atoms with Crippen LogP contribution in [0.15, 0.2) is 35.9 Å². The molecule has 3 aliphatic rings. The van der Waals surface area contributed by atoms with Crippen molar-refractivity contribution in [2.75, 3.05) is 26.3 Å². The van der Waals surface area contributed by atoms with Crippen molar-refractivity contribution < 1.29 is 14.3 Å². The van der Waals surface area contributed by atoms with E-state index in [1.807, 2.05) is 35.2 Å². The second-order valence-electron chi connectivity index (χ2n) is 7.64. The number of carbonyl (C=O) groups is 2. The highest BCUT2D eigenvalue weighted by Gasteiger charge is 2.40. The Labute approximate surface area is 148 Å². The van der Waals surface area contributed by atoms with Crippen molar-refractivity contribution >= 4 is 17.3 Å². The van der Waals surface area contributed by atoms with Gasteiger partial charge in [-0.1, -0.05) is 30.3 Å². The van der Waals surface area contributed by atoms with Gasteiger partial charge in [-0.2, -0.15) is 0 Å². The number of benzene rings is 1. The number of hydrogen-bond acceptors (Lipinski definition) is 3. The van der Waals surface area contributed by atoms with Crippen molar-refractivity contribution in [2.24, 2.45) is 5.41 Å². The van der Waals surface area contributed by atoms with E-state index in [1.54, 1.807) is 0 Å². The van der Waals surface area contributed by atoms with Crippen molar-refractivity contribution in [3.63, 3.8) is 0 Å². The highest BCUT2D eigenvalue weighted by atomic mass is 16.5. The summed E-state index contributed by atoms with van der Waals surface area (Å²) in [5.74, 6) is 0.243. The summed E-state index contributed by atoms with van der Waals surface area (Å²) in [6.45, 7) is 3.17. The van der Waals surface area contributed by atoms with Gasteiger partial charge in [-0.05, 0) is 36.8 Å². The number of allylic oxidation sites excluding steroid dienone is 1. The van der Waals surface area contributed by atoms with Gasteiger partial charge in [-0.3, -0.25) is 9.59 Å². The molecule has 2 aliphatic heterocycles. The van der Waals surface area contributed by atoms with Crippen molar-refractivity contribution in [3.8, 4) is 0 Å². The van der Waals surface area contributed by atoms with Crippen molar-refractivity contribution in [1.29, 1.82) is 0 Å². The molecule has 1 spiro atoms. The van der Waals surface area contributed by atoms with E-state index in [-0.39, 0.29) is 23.5 Å². The first-order valence-corrected chi connectivity index (χ1v) is 9.33. The molecule has 1 amide bonds. The molecule has 1 aromatic rings. The molecule has 1 atom stereocenters. The first-order chi connectivity index (χ1) is 12.2. The van der Waals surface area contributed by atoms with Crippen LogP contribution in [0, 0.1) is 5.41 Å². The van der Waals surface area contributed by atoms with E-state index in [4.69, 9.17) is 4.74 Å². The molecule has 0 aromatic heterocycles. The number of Topliss-reactive ketones (excluding diaryl/α,β-unsaturated/α-hetero) is 1. The third-order valence-electron chi connectivity index (χ3n) is 5.95. The quantitative estimate of drug-likeness (QED) is 0.849. The molecule has 0 unspecified atom stereocenters. The number of carbonyl (C=O) groups excluding carboxylic acids is 2. The number of amides is 1. The molecule has 0 radical (unpaired) electrons. The SMILES string of the molecule is O=C1CCC(c2ccccc2)=C1CC(=O)N1CCC[C@]2(CCOC2)C1. The van der Waals surface area contributed by atoms with Gasteiger partial charge in [0.1, 0.15) is 0 Å². The van der Waals surface area contributed by atoms with E-state index in [0.717, 1.165) is 68.7 Å². The Balaban J connectivity index is 1.52. The van der Waals surface area contributed by atoms with E-state index in [1.165, 1.54) is 0 Å². The van der Waals surface area contributed by atoms with Gasteiger partial charge in [-0.15, -0.1) is 0 Å². The van der Waals surface area contributed by atoms with E-state index in [0.29, 0.717) is 6.42 Å². The molecule has 2 saturated heterocycles. The van der Waals surface area contributed by atoms with Crippen LogP contribution in [0.4, 0.5) is 0 Å². The Morgan fingerprint density at radius 1 is 1.16 bits per heavy atom. The topological polar surface area (TPSA) is 46.6 Å². The van der Waals surface area contributed by atoms with Crippen LogP contribution in [0.5, 0.6) is 0 Å². The number of piperidine rings is 1. The lowest BCUT2D eigenvalue weighted by Crippen LogP contribution is -2.46. The van der Waals surface area contributed by atoms with Crippen LogP contribution in [-0.4, -0.2) is 42.9 Å². The molecule has 4 rings (SSSR count). The fourth-order valence-electron chi connectivity index (χ4n) is 4.53. The van der Waals surface area contributed by atoms with Gasteiger partial charge in [0.05, 0.1) is 13.0 Å². The van der Waals surface area contributed by atoms with E-state index >= 15 is 0 Å². The van der Waals surface area contributed by atoms with Crippen LogP contribution >= 0.6 is 0 Å². The summed E-state index contributed by atoms with van der Waals surface area (Å²) in [6.07, 6.45) is 4.77.